The quantitative estimate of drug-likeness (QED) is 0.339. The number of methoxy groups -OCH3 is 1. The van der Waals surface area contributed by atoms with Crippen molar-refractivity contribution >= 4 is 27.5 Å². The van der Waals surface area contributed by atoms with Crippen LogP contribution < -0.4 is 14.4 Å². The molecule has 0 aromatic heterocycles. The number of benzene rings is 3. The van der Waals surface area contributed by atoms with Gasteiger partial charge in [-0.15, -0.1) is 0 Å². The summed E-state index contributed by atoms with van der Waals surface area (Å²) in [7, 11) is -2.73. The summed E-state index contributed by atoms with van der Waals surface area (Å²) in [6.45, 7) is 8.88. The van der Waals surface area contributed by atoms with E-state index in [1.165, 1.54) is 24.1 Å². The van der Waals surface area contributed by atoms with Crippen LogP contribution in [0.15, 0.2) is 77.7 Å². The summed E-state index contributed by atoms with van der Waals surface area (Å²) in [6.07, 6.45) is 0.357. The third-order valence-corrected chi connectivity index (χ3v) is 8.28. The first kappa shape index (κ1) is 30.7. The number of ether oxygens (including phenoxy) is 1. The van der Waals surface area contributed by atoms with E-state index < -0.39 is 28.5 Å². The fourth-order valence-electron chi connectivity index (χ4n) is 4.43. The van der Waals surface area contributed by atoms with Gasteiger partial charge >= 0.3 is 0 Å². The lowest BCUT2D eigenvalue weighted by molar-refractivity contribution is -0.140. The molecule has 0 spiro atoms. The first-order valence-corrected chi connectivity index (χ1v) is 14.8. The molecule has 0 radical (unpaired) electrons. The number of hydrogen-bond acceptors (Lipinski definition) is 5. The summed E-state index contributed by atoms with van der Waals surface area (Å²) in [4.78, 5) is 28.9. The van der Waals surface area contributed by atoms with E-state index in [-0.39, 0.29) is 29.1 Å². The fraction of sp³-hybridized carbons (Fsp3) is 0.355. The molecule has 2 amide bonds. The van der Waals surface area contributed by atoms with Crippen LogP contribution in [0.1, 0.15) is 43.9 Å². The lowest BCUT2D eigenvalue weighted by Gasteiger charge is -2.34. The van der Waals surface area contributed by atoms with E-state index in [0.29, 0.717) is 12.2 Å². The number of nitrogens with one attached hydrogen (secondary N) is 1. The first-order valence-electron chi connectivity index (χ1n) is 13.4. The van der Waals surface area contributed by atoms with Crippen molar-refractivity contribution in [3.63, 3.8) is 0 Å². The lowest BCUT2D eigenvalue weighted by Crippen LogP contribution is -2.53. The van der Waals surface area contributed by atoms with Crippen LogP contribution >= 0.6 is 0 Å². The highest BCUT2D eigenvalue weighted by Gasteiger charge is 2.35. The van der Waals surface area contributed by atoms with Gasteiger partial charge in [-0.1, -0.05) is 61.0 Å². The van der Waals surface area contributed by atoms with Gasteiger partial charge in [0, 0.05) is 12.6 Å². The third-order valence-electron chi connectivity index (χ3n) is 6.50. The summed E-state index contributed by atoms with van der Waals surface area (Å²) in [5.74, 6) is -0.481. The van der Waals surface area contributed by atoms with Gasteiger partial charge in [0.05, 0.1) is 17.7 Å². The van der Waals surface area contributed by atoms with Crippen molar-refractivity contribution in [3.8, 4) is 5.75 Å². The number of anilines is 1. The molecule has 8 nitrogen and oxygen atoms in total. The minimum absolute atomic E-state index is 0.0497. The molecule has 0 aliphatic carbocycles. The standard InChI is InChI=1S/C31H39N3O5S/c1-7-27(31(36)32-22(2)3)33(20-25-11-9-8-10-12-25)30(35)21-34(28-19-24(5)15-18-29(28)39-6)40(37,38)26-16-13-23(4)14-17-26/h8-19,22,27H,7,20-21H2,1-6H3,(H,32,36). The van der Waals surface area contributed by atoms with Crippen LogP contribution in [0.3, 0.4) is 0 Å². The second kappa shape index (κ2) is 13.5. The predicted molar refractivity (Wildman–Crippen MR) is 158 cm³/mol. The molecule has 0 saturated carbocycles. The molecule has 3 aromatic carbocycles. The molecule has 0 fully saturated rings. The van der Waals surface area contributed by atoms with Crippen LogP contribution in [-0.2, 0) is 26.2 Å². The van der Waals surface area contributed by atoms with Crippen LogP contribution in [-0.4, -0.2) is 50.9 Å². The topological polar surface area (TPSA) is 96.0 Å². The van der Waals surface area contributed by atoms with Crippen molar-refractivity contribution in [1.29, 1.82) is 0 Å². The molecule has 1 atom stereocenters. The Bertz CT molecular complexity index is 1410. The molecule has 9 heteroatoms. The molecular formula is C31H39N3O5S. The van der Waals surface area contributed by atoms with Crippen LogP contribution in [0.25, 0.3) is 0 Å². The average Bonchev–Trinajstić information content (AvgIpc) is 2.91. The van der Waals surface area contributed by atoms with Gasteiger partial charge in [0.25, 0.3) is 10.0 Å². The van der Waals surface area contributed by atoms with E-state index in [1.54, 1.807) is 24.3 Å². The van der Waals surface area contributed by atoms with E-state index >= 15 is 0 Å². The predicted octanol–water partition coefficient (Wildman–Crippen LogP) is 4.84. The van der Waals surface area contributed by atoms with Gasteiger partial charge in [-0.3, -0.25) is 13.9 Å². The van der Waals surface area contributed by atoms with Crippen molar-refractivity contribution in [2.45, 2.75) is 64.6 Å². The average molecular weight is 566 g/mol. The number of sulfonamides is 1. The Balaban J connectivity index is 2.12. The zero-order chi connectivity index (χ0) is 29.4. The lowest BCUT2D eigenvalue weighted by atomic mass is 10.1. The van der Waals surface area contributed by atoms with Gasteiger partial charge in [0.2, 0.25) is 11.8 Å². The third kappa shape index (κ3) is 7.41. The van der Waals surface area contributed by atoms with Crippen LogP contribution in [0, 0.1) is 13.8 Å². The molecule has 3 rings (SSSR count). The van der Waals surface area contributed by atoms with E-state index in [4.69, 9.17) is 4.74 Å². The summed E-state index contributed by atoms with van der Waals surface area (Å²) in [5, 5.41) is 2.90. The van der Waals surface area contributed by atoms with Crippen molar-refractivity contribution in [1.82, 2.24) is 10.2 Å². The van der Waals surface area contributed by atoms with Gasteiger partial charge in [0.1, 0.15) is 18.3 Å². The molecule has 0 aliphatic heterocycles. The number of carbonyl (C=O) groups is 2. The Labute approximate surface area is 238 Å². The normalized spacial score (nSPS) is 12.1. The van der Waals surface area contributed by atoms with Gasteiger partial charge in [0.15, 0.2) is 0 Å². The highest BCUT2D eigenvalue weighted by Crippen LogP contribution is 2.34. The van der Waals surface area contributed by atoms with Crippen molar-refractivity contribution in [2.24, 2.45) is 0 Å². The van der Waals surface area contributed by atoms with Crippen LogP contribution in [0.5, 0.6) is 5.75 Å². The second-order valence-corrected chi connectivity index (χ2v) is 12.0. The summed E-state index contributed by atoms with van der Waals surface area (Å²) >= 11 is 0. The summed E-state index contributed by atoms with van der Waals surface area (Å²) < 4.78 is 34.8. The van der Waals surface area contributed by atoms with E-state index in [0.717, 1.165) is 21.0 Å². The van der Waals surface area contributed by atoms with Gasteiger partial charge in [-0.05, 0) is 69.5 Å². The molecule has 0 saturated heterocycles. The monoisotopic (exact) mass is 565 g/mol. The highest BCUT2D eigenvalue weighted by molar-refractivity contribution is 7.92. The van der Waals surface area contributed by atoms with Crippen LogP contribution in [0.4, 0.5) is 5.69 Å². The Hall–Kier alpha value is -3.85. The Morgan fingerprint density at radius 1 is 0.925 bits per heavy atom. The number of carbonyl (C=O) groups excluding carboxylic acids is 2. The molecule has 0 aliphatic rings. The molecule has 3 aromatic rings. The Kier molecular flexibility index (Phi) is 10.3. The molecule has 214 valence electrons. The first-order chi connectivity index (χ1) is 19.0. The maximum Gasteiger partial charge on any atom is 0.264 e. The highest BCUT2D eigenvalue weighted by atomic mass is 32.2. The molecule has 0 bridgehead atoms. The second-order valence-electron chi connectivity index (χ2n) is 10.1. The summed E-state index contributed by atoms with van der Waals surface area (Å²) in [6, 6.07) is 20.1. The SMILES string of the molecule is CCC(C(=O)NC(C)C)N(Cc1ccccc1)C(=O)CN(c1cc(C)ccc1OC)S(=O)(=O)c1ccc(C)cc1. The number of aryl methyl sites for hydroxylation is 2. The minimum atomic E-state index is -4.19. The van der Waals surface area contributed by atoms with E-state index in [1.807, 2.05) is 71.0 Å². The van der Waals surface area contributed by atoms with E-state index in [9.17, 15) is 18.0 Å². The zero-order valence-electron chi connectivity index (χ0n) is 24.0. The van der Waals surface area contributed by atoms with Gasteiger partial charge < -0.3 is 15.0 Å². The number of hydrogen-bond donors (Lipinski definition) is 1. The smallest absolute Gasteiger partial charge is 0.264 e. The maximum atomic E-state index is 14.1. The number of amides is 2. The Morgan fingerprint density at radius 3 is 2.12 bits per heavy atom. The largest absolute Gasteiger partial charge is 0.495 e. The maximum absolute atomic E-state index is 14.1. The molecule has 1 N–H and O–H groups in total. The minimum Gasteiger partial charge on any atom is -0.495 e. The molecule has 1 unspecified atom stereocenters. The van der Waals surface area contributed by atoms with E-state index in [2.05, 4.69) is 5.32 Å². The molecule has 40 heavy (non-hydrogen) atoms. The fourth-order valence-corrected chi connectivity index (χ4v) is 5.84. The zero-order valence-corrected chi connectivity index (χ0v) is 24.9. The summed E-state index contributed by atoms with van der Waals surface area (Å²) in [5.41, 5.74) is 2.78. The number of rotatable bonds is 12. The van der Waals surface area contributed by atoms with Gasteiger partial charge in [-0.25, -0.2) is 8.42 Å². The van der Waals surface area contributed by atoms with Crippen LogP contribution in [0.2, 0.25) is 0 Å². The van der Waals surface area contributed by atoms with Crippen molar-refractivity contribution in [3.05, 3.63) is 89.5 Å². The molecule has 0 heterocycles. The number of nitrogens with zero attached hydrogens (tertiary/aromatic N) is 2. The van der Waals surface area contributed by atoms with Crippen molar-refractivity contribution in [2.75, 3.05) is 18.0 Å². The Morgan fingerprint density at radius 2 is 1.55 bits per heavy atom. The van der Waals surface area contributed by atoms with Crippen molar-refractivity contribution < 1.29 is 22.7 Å². The molecular weight excluding hydrogens is 526 g/mol. The van der Waals surface area contributed by atoms with Gasteiger partial charge in [-0.2, -0.15) is 0 Å².